The Hall–Kier alpha value is -2.46. The van der Waals surface area contributed by atoms with E-state index in [0.717, 1.165) is 0 Å². The van der Waals surface area contributed by atoms with Crippen molar-refractivity contribution in [1.82, 2.24) is 5.32 Å². The minimum Gasteiger partial charge on any atom is -0.463 e. The molecular weight excluding hydrogens is 362 g/mol. The van der Waals surface area contributed by atoms with Crippen molar-refractivity contribution in [2.75, 3.05) is 13.2 Å². The number of nitrogens with one attached hydrogen (secondary N) is 1. The molecule has 152 valence electrons. The van der Waals surface area contributed by atoms with Crippen molar-refractivity contribution in [2.24, 2.45) is 0 Å². The van der Waals surface area contributed by atoms with E-state index in [2.05, 4.69) is 11.9 Å². The molecular formula is C17H25NO9. The highest BCUT2D eigenvalue weighted by Crippen LogP contribution is 2.27. The van der Waals surface area contributed by atoms with Gasteiger partial charge in [0, 0.05) is 27.7 Å². The fourth-order valence-electron chi connectivity index (χ4n) is 2.60. The summed E-state index contributed by atoms with van der Waals surface area (Å²) < 4.78 is 26.8. The molecule has 0 aliphatic carbocycles. The second-order valence-electron chi connectivity index (χ2n) is 5.84. The molecule has 1 fully saturated rings. The average molecular weight is 387 g/mol. The highest BCUT2D eigenvalue weighted by molar-refractivity contribution is 5.73. The first-order valence-corrected chi connectivity index (χ1v) is 8.28. The van der Waals surface area contributed by atoms with Gasteiger partial charge < -0.3 is 29.0 Å². The van der Waals surface area contributed by atoms with Gasteiger partial charge in [0.2, 0.25) is 5.91 Å². The third kappa shape index (κ3) is 7.35. The van der Waals surface area contributed by atoms with Gasteiger partial charge in [-0.3, -0.25) is 19.2 Å². The Kier molecular flexibility index (Phi) is 8.89. The van der Waals surface area contributed by atoms with Crippen LogP contribution in [-0.4, -0.2) is 67.7 Å². The molecule has 0 bridgehead atoms. The van der Waals surface area contributed by atoms with Gasteiger partial charge in [-0.1, -0.05) is 6.08 Å². The number of amides is 1. The van der Waals surface area contributed by atoms with Gasteiger partial charge in [0.15, 0.2) is 18.5 Å². The second-order valence-corrected chi connectivity index (χ2v) is 5.84. The normalized spacial score (nSPS) is 27.2. The Morgan fingerprint density at radius 3 is 2.07 bits per heavy atom. The summed E-state index contributed by atoms with van der Waals surface area (Å²) in [6.45, 7) is 8.16. The maximum Gasteiger partial charge on any atom is 0.303 e. The molecule has 1 aliphatic rings. The molecule has 0 aromatic rings. The van der Waals surface area contributed by atoms with Gasteiger partial charge in [0.05, 0.1) is 6.61 Å². The molecule has 1 aliphatic heterocycles. The van der Waals surface area contributed by atoms with Crippen molar-refractivity contribution in [3.05, 3.63) is 12.7 Å². The predicted octanol–water partition coefficient (Wildman–Crippen LogP) is -0.155. The van der Waals surface area contributed by atoms with E-state index in [1.807, 2.05) is 0 Å². The van der Waals surface area contributed by atoms with E-state index in [1.165, 1.54) is 33.8 Å². The average Bonchev–Trinajstić information content (AvgIpc) is 2.54. The van der Waals surface area contributed by atoms with Crippen molar-refractivity contribution in [2.45, 2.75) is 58.3 Å². The summed E-state index contributed by atoms with van der Waals surface area (Å²) in [5.41, 5.74) is 0. The number of hydrogen-bond acceptors (Lipinski definition) is 9. The molecule has 5 atom stereocenters. The van der Waals surface area contributed by atoms with Crippen LogP contribution in [-0.2, 0) is 42.9 Å². The molecule has 0 unspecified atom stereocenters. The lowest BCUT2D eigenvalue weighted by Crippen LogP contribution is -2.66. The summed E-state index contributed by atoms with van der Waals surface area (Å²) in [5.74, 6) is -2.34. The van der Waals surface area contributed by atoms with E-state index in [1.54, 1.807) is 0 Å². The topological polar surface area (TPSA) is 126 Å². The quantitative estimate of drug-likeness (QED) is 0.343. The van der Waals surface area contributed by atoms with E-state index in [-0.39, 0.29) is 13.2 Å². The molecule has 1 saturated heterocycles. The maximum atomic E-state index is 11.6. The summed E-state index contributed by atoms with van der Waals surface area (Å²) in [5, 5.41) is 2.59. The van der Waals surface area contributed by atoms with Crippen LogP contribution in [0.2, 0.25) is 0 Å². The smallest absolute Gasteiger partial charge is 0.303 e. The monoisotopic (exact) mass is 387 g/mol. The molecule has 0 radical (unpaired) electrons. The van der Waals surface area contributed by atoms with Crippen LogP contribution in [0.1, 0.15) is 27.7 Å². The number of esters is 3. The fourth-order valence-corrected chi connectivity index (χ4v) is 2.60. The van der Waals surface area contributed by atoms with Crippen molar-refractivity contribution < 1.29 is 42.9 Å². The molecule has 10 nitrogen and oxygen atoms in total. The zero-order valence-corrected chi connectivity index (χ0v) is 15.8. The second kappa shape index (κ2) is 10.6. The van der Waals surface area contributed by atoms with Gasteiger partial charge in [-0.15, -0.1) is 6.58 Å². The summed E-state index contributed by atoms with van der Waals surface area (Å²) in [7, 11) is 0. The lowest BCUT2D eigenvalue weighted by molar-refractivity contribution is -0.275. The van der Waals surface area contributed by atoms with Crippen LogP contribution in [0.3, 0.4) is 0 Å². The van der Waals surface area contributed by atoms with E-state index >= 15 is 0 Å². The number of carbonyl (C=O) groups is 4. The number of rotatable bonds is 8. The Balaban J connectivity index is 3.24. The molecule has 10 heteroatoms. The van der Waals surface area contributed by atoms with Crippen LogP contribution in [0.15, 0.2) is 12.7 Å². The Bertz CT molecular complexity index is 577. The molecule has 1 amide bonds. The molecule has 0 aromatic heterocycles. The first kappa shape index (κ1) is 22.6. The zero-order chi connectivity index (χ0) is 20.6. The Morgan fingerprint density at radius 1 is 1.00 bits per heavy atom. The lowest BCUT2D eigenvalue weighted by Gasteiger charge is -2.44. The summed E-state index contributed by atoms with van der Waals surface area (Å²) in [6, 6.07) is -0.968. The first-order valence-electron chi connectivity index (χ1n) is 8.28. The molecule has 0 saturated carbocycles. The zero-order valence-electron chi connectivity index (χ0n) is 15.8. The summed E-state index contributed by atoms with van der Waals surface area (Å²) in [6.07, 6.45) is -2.84. The van der Waals surface area contributed by atoms with Gasteiger partial charge in [-0.05, 0) is 0 Å². The van der Waals surface area contributed by atoms with E-state index in [9.17, 15) is 19.2 Å². The van der Waals surface area contributed by atoms with Crippen molar-refractivity contribution in [1.29, 1.82) is 0 Å². The van der Waals surface area contributed by atoms with E-state index in [0.29, 0.717) is 0 Å². The van der Waals surface area contributed by atoms with Gasteiger partial charge in [0.25, 0.3) is 0 Å². The number of carbonyl (C=O) groups excluding carboxylic acids is 4. The molecule has 1 rings (SSSR count). The highest BCUT2D eigenvalue weighted by Gasteiger charge is 2.51. The van der Waals surface area contributed by atoms with E-state index in [4.69, 9.17) is 23.7 Å². The highest BCUT2D eigenvalue weighted by atomic mass is 16.7. The number of ether oxygens (including phenoxy) is 5. The molecule has 1 heterocycles. The van der Waals surface area contributed by atoms with E-state index < -0.39 is 54.5 Å². The summed E-state index contributed by atoms with van der Waals surface area (Å²) >= 11 is 0. The Labute approximate surface area is 157 Å². The van der Waals surface area contributed by atoms with Crippen molar-refractivity contribution >= 4 is 23.8 Å². The van der Waals surface area contributed by atoms with Gasteiger partial charge >= 0.3 is 17.9 Å². The maximum absolute atomic E-state index is 11.6. The fraction of sp³-hybridized carbons (Fsp3) is 0.647. The molecule has 1 N–H and O–H groups in total. The molecule has 27 heavy (non-hydrogen) atoms. The standard InChI is InChI=1S/C17H25NO9/c1-6-7-23-17-14(18-9(2)19)16(26-12(5)22)15(25-11(4)21)13(27-17)8-24-10(3)20/h6,13-17H,1,7-8H2,2-5H3,(H,18,19)/t13-,14-,15+,16-,17+/m1/s1. The van der Waals surface area contributed by atoms with Crippen LogP contribution in [0.5, 0.6) is 0 Å². The van der Waals surface area contributed by atoms with Gasteiger partial charge in [-0.25, -0.2) is 0 Å². The first-order chi connectivity index (χ1) is 12.6. The molecule has 0 aromatic carbocycles. The van der Waals surface area contributed by atoms with Gasteiger partial charge in [-0.2, -0.15) is 0 Å². The van der Waals surface area contributed by atoms with Crippen LogP contribution in [0.4, 0.5) is 0 Å². The van der Waals surface area contributed by atoms with Crippen LogP contribution in [0, 0.1) is 0 Å². The van der Waals surface area contributed by atoms with Crippen LogP contribution < -0.4 is 5.32 Å². The summed E-state index contributed by atoms with van der Waals surface area (Å²) in [4.78, 5) is 46.0. The van der Waals surface area contributed by atoms with Gasteiger partial charge in [0.1, 0.15) is 18.8 Å². The Morgan fingerprint density at radius 2 is 1.59 bits per heavy atom. The van der Waals surface area contributed by atoms with Crippen LogP contribution in [0.25, 0.3) is 0 Å². The SMILES string of the molecule is C=CCO[C@H]1O[C@H](COC(C)=O)[C@H](OC(C)=O)[C@H](OC(C)=O)[C@H]1NC(C)=O. The van der Waals surface area contributed by atoms with Crippen LogP contribution >= 0.6 is 0 Å². The third-order valence-electron chi connectivity index (χ3n) is 3.45. The minimum atomic E-state index is -1.13. The lowest BCUT2D eigenvalue weighted by atomic mass is 9.96. The van der Waals surface area contributed by atoms with Crippen molar-refractivity contribution in [3.63, 3.8) is 0 Å². The molecule has 0 spiro atoms. The number of hydrogen-bond donors (Lipinski definition) is 1. The third-order valence-corrected chi connectivity index (χ3v) is 3.45. The largest absolute Gasteiger partial charge is 0.463 e. The van der Waals surface area contributed by atoms with Crippen molar-refractivity contribution in [3.8, 4) is 0 Å². The minimum absolute atomic E-state index is 0.0755. The predicted molar refractivity (Wildman–Crippen MR) is 90.2 cm³/mol.